The van der Waals surface area contributed by atoms with Crippen LogP contribution in [0.25, 0.3) is 0 Å². The lowest BCUT2D eigenvalue weighted by Crippen LogP contribution is -2.07. The first kappa shape index (κ1) is 8.97. The predicted octanol–water partition coefficient (Wildman–Crippen LogP) is 0.288. The minimum atomic E-state index is 0.0143. The zero-order valence-corrected chi connectivity index (χ0v) is 8.21. The minimum absolute atomic E-state index is 0.0143. The molecule has 0 aromatic carbocycles. The Bertz CT molecular complexity index is 227. The Labute approximate surface area is 71.9 Å². The van der Waals surface area contributed by atoms with Crippen molar-refractivity contribution in [2.75, 3.05) is 0 Å². The molecule has 0 bridgehead atoms. The summed E-state index contributed by atoms with van der Waals surface area (Å²) in [6.07, 6.45) is 1.59. The van der Waals surface area contributed by atoms with Gasteiger partial charge in [0.2, 0.25) is 0 Å². The van der Waals surface area contributed by atoms with Gasteiger partial charge in [0.15, 0.2) is 0 Å². The van der Waals surface area contributed by atoms with Crippen LogP contribution < -0.4 is 10.3 Å². The molecule has 11 heavy (non-hydrogen) atoms. The van der Waals surface area contributed by atoms with Gasteiger partial charge < -0.3 is 4.74 Å². The van der Waals surface area contributed by atoms with E-state index in [4.69, 9.17) is 12.6 Å². The van der Waals surface area contributed by atoms with Gasteiger partial charge in [0.1, 0.15) is 19.2 Å². The fourth-order valence-corrected chi connectivity index (χ4v) is 0.933. The van der Waals surface area contributed by atoms with E-state index < -0.39 is 0 Å². The van der Waals surface area contributed by atoms with Crippen molar-refractivity contribution < 1.29 is 4.74 Å². The van der Waals surface area contributed by atoms with E-state index in [2.05, 4.69) is 23.5 Å². The van der Waals surface area contributed by atoms with Crippen LogP contribution >= 0.6 is 18.5 Å². The van der Waals surface area contributed by atoms with E-state index in [1.54, 1.807) is 18.3 Å². The van der Waals surface area contributed by atoms with Crippen LogP contribution in [-0.2, 0) is 0 Å². The van der Waals surface area contributed by atoms with Crippen LogP contribution in [0.3, 0.4) is 0 Å². The summed E-state index contributed by atoms with van der Waals surface area (Å²) in [7, 11) is 10.4. The summed E-state index contributed by atoms with van der Waals surface area (Å²) < 4.78 is 5.28. The van der Waals surface area contributed by atoms with Gasteiger partial charge in [-0.15, -0.1) is 0 Å². The zero-order chi connectivity index (χ0) is 8.27. The Kier molecular flexibility index (Phi) is 3.29. The van der Waals surface area contributed by atoms with E-state index in [1.165, 1.54) is 0 Å². The van der Waals surface area contributed by atoms with Crippen molar-refractivity contribution in [3.05, 3.63) is 18.3 Å². The highest BCUT2D eigenvalue weighted by Gasteiger charge is 1.95. The molecule has 0 aliphatic rings. The van der Waals surface area contributed by atoms with Crippen LogP contribution in [0, 0.1) is 0 Å². The van der Waals surface area contributed by atoms with Crippen LogP contribution in [0.4, 0.5) is 0 Å². The van der Waals surface area contributed by atoms with Crippen LogP contribution in [0.1, 0.15) is 0 Å². The normalized spacial score (nSPS) is 10.1. The Morgan fingerprint density at radius 3 is 2.64 bits per heavy atom. The van der Waals surface area contributed by atoms with E-state index in [0.29, 0.717) is 11.3 Å². The molecule has 2 unspecified atom stereocenters. The molecule has 0 amide bonds. The van der Waals surface area contributed by atoms with Gasteiger partial charge in [-0.05, 0) is 17.7 Å². The molecule has 2 radical (unpaired) electrons. The van der Waals surface area contributed by atoms with E-state index in [-0.39, 0.29) is 5.59 Å². The fourth-order valence-electron chi connectivity index (χ4n) is 0.619. The molecule has 1 rings (SSSR count). The zero-order valence-electron chi connectivity index (χ0n) is 5.90. The molecule has 0 aliphatic heterocycles. The quantitative estimate of drug-likeness (QED) is 0.485. The monoisotopic (exact) mass is 183 g/mol. The van der Waals surface area contributed by atoms with E-state index in [9.17, 15) is 0 Å². The summed E-state index contributed by atoms with van der Waals surface area (Å²) in [5, 5.41) is 0. The third-order valence-corrected chi connectivity index (χ3v) is 1.30. The molecule has 0 spiro atoms. The van der Waals surface area contributed by atoms with Crippen molar-refractivity contribution in [3.63, 3.8) is 0 Å². The first-order chi connectivity index (χ1) is 5.18. The van der Waals surface area contributed by atoms with Crippen LogP contribution in [0.5, 0.6) is 5.75 Å². The van der Waals surface area contributed by atoms with Gasteiger partial charge >= 0.3 is 0 Å². The maximum atomic E-state index is 5.38. The number of aromatic nitrogens is 1. The van der Waals surface area contributed by atoms with Crippen molar-refractivity contribution in [1.82, 2.24) is 4.98 Å². The topological polar surface area (TPSA) is 22.1 Å². The Hall–Kier alpha value is -0.125. The van der Waals surface area contributed by atoms with E-state index >= 15 is 0 Å². The highest BCUT2D eigenvalue weighted by molar-refractivity contribution is 7.37. The second kappa shape index (κ2) is 4.04. The van der Waals surface area contributed by atoms with Gasteiger partial charge in [-0.3, -0.25) is 4.98 Å². The second-order valence-corrected chi connectivity index (χ2v) is 4.09. The Morgan fingerprint density at radius 2 is 2.18 bits per heavy atom. The van der Waals surface area contributed by atoms with Gasteiger partial charge in [0.25, 0.3) is 0 Å². The second-order valence-electron chi connectivity index (χ2n) is 2.00. The Balaban J connectivity index is 2.66. The number of hydrogen-bond donors (Lipinski definition) is 0. The highest BCUT2D eigenvalue weighted by atomic mass is 31.1. The summed E-state index contributed by atoms with van der Waals surface area (Å²) in [6, 6.07) is 3.48. The third kappa shape index (κ3) is 3.18. The molecular formula is C6H8BNOP2. The number of pyridine rings is 1. The maximum Gasteiger partial charge on any atom is 0.141 e. The molecule has 1 heterocycles. The van der Waals surface area contributed by atoms with Crippen LogP contribution in [0.15, 0.2) is 18.3 Å². The number of nitrogens with zero attached hydrogens (tertiary/aromatic N) is 1. The lowest BCUT2D eigenvalue weighted by Gasteiger charge is -2.08. The maximum absolute atomic E-state index is 5.38. The molecule has 5 heteroatoms. The average molecular weight is 183 g/mol. The van der Waals surface area contributed by atoms with Crippen LogP contribution in [-0.4, -0.2) is 18.4 Å². The molecule has 56 valence electrons. The molecule has 0 N–H and O–H groups in total. The molecular weight excluding hydrogens is 175 g/mol. The molecule has 1 aromatic rings. The van der Waals surface area contributed by atoms with Crippen molar-refractivity contribution in [2.24, 2.45) is 0 Å². The molecule has 1 aromatic heterocycles. The molecule has 0 aliphatic carbocycles. The predicted molar refractivity (Wildman–Crippen MR) is 53.5 cm³/mol. The molecule has 2 atom stereocenters. The number of hydrogen-bond acceptors (Lipinski definition) is 2. The molecule has 0 saturated carbocycles. The van der Waals surface area contributed by atoms with Gasteiger partial charge in [-0.1, -0.05) is 18.5 Å². The van der Waals surface area contributed by atoms with Crippen molar-refractivity contribution in [1.29, 1.82) is 0 Å². The molecule has 0 fully saturated rings. The summed E-state index contributed by atoms with van der Waals surface area (Å²) in [5.41, 5.74) is 0.516. The third-order valence-electron chi connectivity index (χ3n) is 1.03. The number of ether oxygens (including phenoxy) is 1. The van der Waals surface area contributed by atoms with Crippen LogP contribution in [0.2, 0.25) is 0 Å². The SMILES string of the molecule is [B]c1ccc(OC(P)P)cn1. The lowest BCUT2D eigenvalue weighted by molar-refractivity contribution is 0.363. The molecule has 0 saturated heterocycles. The van der Waals surface area contributed by atoms with E-state index in [0.717, 1.165) is 0 Å². The molecule has 2 nitrogen and oxygen atoms in total. The first-order valence-electron chi connectivity index (χ1n) is 3.08. The lowest BCUT2D eigenvalue weighted by atomic mass is 10.0. The Morgan fingerprint density at radius 1 is 1.45 bits per heavy atom. The standard InChI is InChI=1S/C6H8BNOP2/c7-5-2-1-4(3-8-5)9-6(10)11/h1-3,6H,10-11H2. The van der Waals surface area contributed by atoms with Gasteiger partial charge in [-0.25, -0.2) is 0 Å². The average Bonchev–Trinajstić information content (AvgIpc) is 1.93. The van der Waals surface area contributed by atoms with Gasteiger partial charge in [-0.2, -0.15) is 0 Å². The van der Waals surface area contributed by atoms with Gasteiger partial charge in [0, 0.05) is 0 Å². The highest BCUT2D eigenvalue weighted by Crippen LogP contribution is 2.15. The summed E-state index contributed by atoms with van der Waals surface area (Å²) in [6.45, 7) is 0. The summed E-state index contributed by atoms with van der Waals surface area (Å²) in [4.78, 5) is 3.87. The van der Waals surface area contributed by atoms with Crippen molar-refractivity contribution in [3.8, 4) is 5.75 Å². The van der Waals surface area contributed by atoms with Crippen molar-refractivity contribution in [2.45, 2.75) is 5.59 Å². The largest absolute Gasteiger partial charge is 0.481 e. The fraction of sp³-hybridized carbons (Fsp3) is 0.167. The first-order valence-corrected chi connectivity index (χ1v) is 4.41. The van der Waals surface area contributed by atoms with Crippen molar-refractivity contribution >= 4 is 31.9 Å². The van der Waals surface area contributed by atoms with Gasteiger partial charge in [0.05, 0.1) is 6.20 Å². The number of rotatable bonds is 2. The minimum Gasteiger partial charge on any atom is -0.481 e. The summed E-state index contributed by atoms with van der Waals surface area (Å²) in [5.74, 6) is 0.717. The smallest absolute Gasteiger partial charge is 0.141 e. The van der Waals surface area contributed by atoms with E-state index in [1.807, 2.05) is 0 Å². The summed E-state index contributed by atoms with van der Waals surface area (Å²) >= 11 is 0.